The number of carbonyl (C=O) groups excluding carboxylic acids is 1. The Bertz CT molecular complexity index is 531. The van der Waals surface area contributed by atoms with Gasteiger partial charge in [-0.2, -0.15) is 0 Å². The van der Waals surface area contributed by atoms with E-state index in [1.807, 2.05) is 39.0 Å². The molecule has 1 heterocycles. The molecule has 0 N–H and O–H groups in total. The predicted molar refractivity (Wildman–Crippen MR) is 76.2 cm³/mol. The maximum atomic E-state index is 12.2. The zero-order valence-electron chi connectivity index (χ0n) is 12.6. The highest BCUT2D eigenvalue weighted by molar-refractivity contribution is 5.75. The minimum Gasteiger partial charge on any atom is -0.458 e. The molecule has 0 unspecified atom stereocenters. The lowest BCUT2D eigenvalue weighted by Gasteiger charge is -2.25. The van der Waals surface area contributed by atoms with Crippen molar-refractivity contribution in [2.45, 2.75) is 57.8 Å². The van der Waals surface area contributed by atoms with Gasteiger partial charge in [-0.05, 0) is 46.1 Å². The van der Waals surface area contributed by atoms with E-state index in [2.05, 4.69) is 19.1 Å². The maximum absolute atomic E-state index is 12.2. The van der Waals surface area contributed by atoms with Gasteiger partial charge in [-0.25, -0.2) is 0 Å². The van der Waals surface area contributed by atoms with Crippen LogP contribution in [-0.2, 0) is 19.9 Å². The normalized spacial score (nSPS) is 35.5. The van der Waals surface area contributed by atoms with Gasteiger partial charge in [0.05, 0.1) is 5.41 Å². The van der Waals surface area contributed by atoms with Crippen molar-refractivity contribution in [2.75, 3.05) is 0 Å². The van der Waals surface area contributed by atoms with E-state index in [1.54, 1.807) is 0 Å². The van der Waals surface area contributed by atoms with Crippen molar-refractivity contribution in [2.24, 2.45) is 5.41 Å². The number of rotatable bonds is 2. The van der Waals surface area contributed by atoms with Crippen molar-refractivity contribution in [3.63, 3.8) is 0 Å². The third kappa shape index (κ3) is 1.80. The van der Waals surface area contributed by atoms with Crippen LogP contribution in [-0.4, -0.2) is 17.7 Å². The van der Waals surface area contributed by atoms with Gasteiger partial charge < -0.3 is 9.47 Å². The monoisotopic (exact) mass is 274 g/mol. The average Bonchev–Trinajstić information content (AvgIpc) is 2.93. The molecule has 1 aliphatic heterocycles. The van der Waals surface area contributed by atoms with Gasteiger partial charge in [0, 0.05) is 0 Å². The van der Waals surface area contributed by atoms with Crippen molar-refractivity contribution in [3.05, 3.63) is 35.9 Å². The summed E-state index contributed by atoms with van der Waals surface area (Å²) >= 11 is 0. The molecule has 1 aromatic carbocycles. The number of hydrogen-bond acceptors (Lipinski definition) is 3. The second-order valence-corrected chi connectivity index (χ2v) is 7.12. The average molecular weight is 274 g/mol. The number of esters is 1. The standard InChI is InChI=1S/C17H22O3/c1-15(2,3)14(18)19-13-10-11-16(4)17(13,20-16)12-8-6-5-7-9-12/h5-9,13H,10-11H2,1-4H3/t13-,16-,17+/m1/s1. The van der Waals surface area contributed by atoms with E-state index in [1.165, 1.54) is 0 Å². The summed E-state index contributed by atoms with van der Waals surface area (Å²) in [4.78, 5) is 12.2. The molecular formula is C17H22O3. The van der Waals surface area contributed by atoms with E-state index < -0.39 is 11.0 Å². The van der Waals surface area contributed by atoms with Gasteiger partial charge in [0.2, 0.25) is 0 Å². The molecule has 0 spiro atoms. The van der Waals surface area contributed by atoms with E-state index in [0.717, 1.165) is 18.4 Å². The van der Waals surface area contributed by atoms with Gasteiger partial charge >= 0.3 is 5.97 Å². The van der Waals surface area contributed by atoms with Crippen LogP contribution in [0.1, 0.15) is 46.1 Å². The summed E-state index contributed by atoms with van der Waals surface area (Å²) in [7, 11) is 0. The second kappa shape index (κ2) is 4.08. The van der Waals surface area contributed by atoms with Crippen LogP contribution in [0.2, 0.25) is 0 Å². The fraction of sp³-hybridized carbons (Fsp3) is 0.588. The molecule has 108 valence electrons. The third-order valence-corrected chi connectivity index (χ3v) is 4.53. The largest absolute Gasteiger partial charge is 0.458 e. The van der Waals surface area contributed by atoms with Crippen molar-refractivity contribution in [1.82, 2.24) is 0 Å². The van der Waals surface area contributed by atoms with Crippen LogP contribution in [0, 0.1) is 5.41 Å². The Morgan fingerprint density at radius 1 is 1.30 bits per heavy atom. The summed E-state index contributed by atoms with van der Waals surface area (Å²) in [5.41, 5.74) is 0.0182. The molecular weight excluding hydrogens is 252 g/mol. The van der Waals surface area contributed by atoms with Crippen LogP contribution in [0.5, 0.6) is 0 Å². The first-order chi connectivity index (χ1) is 9.30. The molecule has 0 aromatic heterocycles. The Balaban J connectivity index is 1.88. The fourth-order valence-corrected chi connectivity index (χ4v) is 3.27. The molecule has 3 nitrogen and oxygen atoms in total. The molecule has 2 fully saturated rings. The van der Waals surface area contributed by atoms with Gasteiger partial charge in [0.15, 0.2) is 5.60 Å². The zero-order valence-corrected chi connectivity index (χ0v) is 12.6. The highest BCUT2D eigenvalue weighted by Crippen LogP contribution is 2.66. The Morgan fingerprint density at radius 3 is 2.50 bits per heavy atom. The summed E-state index contributed by atoms with van der Waals surface area (Å²) in [5, 5.41) is 0. The molecule has 2 aliphatic rings. The quantitative estimate of drug-likeness (QED) is 0.612. The molecule has 0 radical (unpaired) electrons. The SMILES string of the molecule is CC(C)(C)C(=O)O[C@@H]1CC[C@@]2(C)O[C@@]12c1ccccc1. The number of carbonyl (C=O) groups is 1. The summed E-state index contributed by atoms with van der Waals surface area (Å²) in [6.45, 7) is 7.76. The lowest BCUT2D eigenvalue weighted by molar-refractivity contribution is -0.162. The fourth-order valence-electron chi connectivity index (χ4n) is 3.27. The summed E-state index contributed by atoms with van der Waals surface area (Å²) in [6, 6.07) is 10.1. The molecule has 3 atom stereocenters. The van der Waals surface area contributed by atoms with E-state index in [0.29, 0.717) is 0 Å². The van der Waals surface area contributed by atoms with Crippen molar-refractivity contribution in [3.8, 4) is 0 Å². The van der Waals surface area contributed by atoms with Gasteiger partial charge in [0.1, 0.15) is 11.7 Å². The molecule has 0 bridgehead atoms. The first-order valence-corrected chi connectivity index (χ1v) is 7.26. The van der Waals surface area contributed by atoms with Gasteiger partial charge in [-0.15, -0.1) is 0 Å². The summed E-state index contributed by atoms with van der Waals surface area (Å²) in [5.74, 6) is -0.155. The molecule has 1 saturated carbocycles. The number of hydrogen-bond donors (Lipinski definition) is 0. The zero-order chi connectivity index (χ0) is 14.6. The number of fused-ring (bicyclic) bond motifs is 1. The van der Waals surface area contributed by atoms with Crippen LogP contribution >= 0.6 is 0 Å². The van der Waals surface area contributed by atoms with E-state index >= 15 is 0 Å². The Morgan fingerprint density at radius 2 is 1.95 bits per heavy atom. The molecule has 0 amide bonds. The molecule has 1 aromatic rings. The molecule has 20 heavy (non-hydrogen) atoms. The minimum absolute atomic E-state index is 0.155. The molecule has 3 rings (SSSR count). The summed E-state index contributed by atoms with van der Waals surface area (Å²) < 4.78 is 11.9. The predicted octanol–water partition coefficient (Wildman–Crippen LogP) is 3.42. The second-order valence-electron chi connectivity index (χ2n) is 7.12. The highest BCUT2D eigenvalue weighted by atomic mass is 16.7. The number of ether oxygens (including phenoxy) is 2. The highest BCUT2D eigenvalue weighted by Gasteiger charge is 2.76. The Hall–Kier alpha value is -1.35. The minimum atomic E-state index is -0.480. The Kier molecular flexibility index (Phi) is 2.78. The third-order valence-electron chi connectivity index (χ3n) is 4.53. The van der Waals surface area contributed by atoms with Crippen LogP contribution in [0.25, 0.3) is 0 Å². The molecule has 1 aliphatic carbocycles. The number of epoxide rings is 1. The topological polar surface area (TPSA) is 38.8 Å². The van der Waals surface area contributed by atoms with Gasteiger partial charge in [-0.1, -0.05) is 30.3 Å². The lowest BCUT2D eigenvalue weighted by Crippen LogP contribution is -2.35. The maximum Gasteiger partial charge on any atom is 0.311 e. The Labute approximate surface area is 120 Å². The van der Waals surface area contributed by atoms with Gasteiger partial charge in [-0.3, -0.25) is 4.79 Å². The van der Waals surface area contributed by atoms with E-state index in [4.69, 9.17) is 9.47 Å². The first-order valence-electron chi connectivity index (χ1n) is 7.26. The van der Waals surface area contributed by atoms with Crippen LogP contribution in [0.3, 0.4) is 0 Å². The molecule has 3 heteroatoms. The summed E-state index contributed by atoms with van der Waals surface area (Å²) in [6.07, 6.45) is 1.62. The van der Waals surface area contributed by atoms with Crippen molar-refractivity contribution < 1.29 is 14.3 Å². The van der Waals surface area contributed by atoms with Crippen LogP contribution < -0.4 is 0 Å². The number of benzene rings is 1. The van der Waals surface area contributed by atoms with Crippen LogP contribution in [0.4, 0.5) is 0 Å². The van der Waals surface area contributed by atoms with E-state index in [9.17, 15) is 4.79 Å². The van der Waals surface area contributed by atoms with E-state index in [-0.39, 0.29) is 17.7 Å². The van der Waals surface area contributed by atoms with Gasteiger partial charge in [0.25, 0.3) is 0 Å². The first kappa shape index (κ1) is 13.6. The van der Waals surface area contributed by atoms with Crippen molar-refractivity contribution in [1.29, 1.82) is 0 Å². The van der Waals surface area contributed by atoms with Crippen LogP contribution in [0.15, 0.2) is 30.3 Å². The smallest absolute Gasteiger partial charge is 0.311 e. The van der Waals surface area contributed by atoms with Crippen molar-refractivity contribution >= 4 is 5.97 Å². The lowest BCUT2D eigenvalue weighted by atomic mass is 9.88. The molecule has 1 saturated heterocycles.